The monoisotopic (exact) mass is 589 g/mol. The summed E-state index contributed by atoms with van der Waals surface area (Å²) in [6, 6.07) is 18.8. The molecule has 208 valence electrons. The highest BCUT2D eigenvalue weighted by Crippen LogP contribution is 2.27. The second-order valence-electron chi connectivity index (χ2n) is 9.43. The minimum Gasteiger partial charge on any atom is -0.352 e. The van der Waals surface area contributed by atoms with E-state index in [0.29, 0.717) is 21.3 Å². The van der Waals surface area contributed by atoms with Crippen molar-refractivity contribution in [2.45, 2.75) is 57.6 Å². The van der Waals surface area contributed by atoms with E-state index in [-0.39, 0.29) is 23.4 Å². The molecule has 0 aliphatic carbocycles. The van der Waals surface area contributed by atoms with Crippen molar-refractivity contribution in [2.24, 2.45) is 0 Å². The fourth-order valence-corrected chi connectivity index (χ4v) is 5.66. The van der Waals surface area contributed by atoms with Crippen molar-refractivity contribution in [2.75, 3.05) is 10.8 Å². The molecule has 10 heteroatoms. The van der Waals surface area contributed by atoms with Crippen molar-refractivity contribution >= 4 is 50.7 Å². The molecule has 3 aromatic rings. The smallest absolute Gasteiger partial charge is 0.264 e. The molecule has 0 aliphatic heterocycles. The van der Waals surface area contributed by atoms with Gasteiger partial charge in [-0.1, -0.05) is 66.5 Å². The van der Waals surface area contributed by atoms with Gasteiger partial charge < -0.3 is 10.2 Å². The van der Waals surface area contributed by atoms with Gasteiger partial charge in [-0.15, -0.1) is 0 Å². The Hall–Kier alpha value is -3.07. The first-order valence-electron chi connectivity index (χ1n) is 12.6. The summed E-state index contributed by atoms with van der Waals surface area (Å²) >= 11 is 12.3. The lowest BCUT2D eigenvalue weighted by Crippen LogP contribution is -2.52. The zero-order valence-electron chi connectivity index (χ0n) is 22.4. The van der Waals surface area contributed by atoms with Crippen LogP contribution in [0.5, 0.6) is 0 Å². The van der Waals surface area contributed by atoms with Crippen LogP contribution in [0.4, 0.5) is 5.69 Å². The largest absolute Gasteiger partial charge is 0.352 e. The van der Waals surface area contributed by atoms with E-state index in [1.807, 2.05) is 26.8 Å². The molecule has 0 aliphatic rings. The van der Waals surface area contributed by atoms with Crippen LogP contribution in [0.25, 0.3) is 0 Å². The molecule has 2 unspecified atom stereocenters. The number of hydrogen-bond donors (Lipinski definition) is 1. The van der Waals surface area contributed by atoms with Gasteiger partial charge in [-0.2, -0.15) is 0 Å². The number of carbonyl (C=O) groups is 2. The predicted octanol–water partition coefficient (Wildman–Crippen LogP) is 5.83. The minimum atomic E-state index is -4.11. The van der Waals surface area contributed by atoms with Crippen LogP contribution in [-0.2, 0) is 26.2 Å². The Labute approximate surface area is 240 Å². The molecule has 0 saturated heterocycles. The topological polar surface area (TPSA) is 86.8 Å². The van der Waals surface area contributed by atoms with Crippen LogP contribution in [0.1, 0.15) is 38.3 Å². The van der Waals surface area contributed by atoms with Crippen LogP contribution in [0, 0.1) is 6.92 Å². The molecule has 3 aromatic carbocycles. The van der Waals surface area contributed by atoms with E-state index >= 15 is 0 Å². The van der Waals surface area contributed by atoms with E-state index in [2.05, 4.69) is 5.32 Å². The molecule has 1 N–H and O–H groups in total. The van der Waals surface area contributed by atoms with Crippen LogP contribution in [0.2, 0.25) is 10.0 Å². The van der Waals surface area contributed by atoms with Crippen molar-refractivity contribution in [1.29, 1.82) is 0 Å². The maximum absolute atomic E-state index is 13.9. The molecular weight excluding hydrogens is 557 g/mol. The standard InChI is InChI=1S/C29H33Cl2N3O4S/c1-5-21(3)32-29(36)22(4)33(18-23-14-15-26(30)27(31)17-23)28(35)19-34(24-11-9-10-20(2)16-24)39(37,38)25-12-7-6-8-13-25/h6-17,21-22H,5,18-19H2,1-4H3,(H,32,36). The number of halogens is 2. The van der Waals surface area contributed by atoms with Gasteiger partial charge in [-0.05, 0) is 74.7 Å². The molecule has 3 rings (SSSR count). The lowest BCUT2D eigenvalue weighted by atomic mass is 10.1. The molecule has 2 atom stereocenters. The zero-order valence-corrected chi connectivity index (χ0v) is 24.7. The van der Waals surface area contributed by atoms with Crippen LogP contribution in [-0.4, -0.2) is 43.8 Å². The molecule has 7 nitrogen and oxygen atoms in total. The summed E-state index contributed by atoms with van der Waals surface area (Å²) < 4.78 is 28.6. The lowest BCUT2D eigenvalue weighted by molar-refractivity contribution is -0.139. The van der Waals surface area contributed by atoms with Crippen LogP contribution < -0.4 is 9.62 Å². The van der Waals surface area contributed by atoms with Crippen molar-refractivity contribution in [3.05, 3.63) is 94.0 Å². The summed E-state index contributed by atoms with van der Waals surface area (Å²) in [6.07, 6.45) is 0.718. The van der Waals surface area contributed by atoms with Gasteiger partial charge in [0.2, 0.25) is 11.8 Å². The molecule has 0 aromatic heterocycles. The van der Waals surface area contributed by atoms with Gasteiger partial charge in [0.1, 0.15) is 12.6 Å². The van der Waals surface area contributed by atoms with Gasteiger partial charge in [-0.3, -0.25) is 13.9 Å². The van der Waals surface area contributed by atoms with E-state index in [9.17, 15) is 18.0 Å². The van der Waals surface area contributed by atoms with Crippen molar-refractivity contribution in [1.82, 2.24) is 10.2 Å². The summed E-state index contributed by atoms with van der Waals surface area (Å²) in [4.78, 5) is 28.4. The molecule has 0 bridgehead atoms. The van der Waals surface area contributed by atoms with Gasteiger partial charge in [-0.25, -0.2) is 8.42 Å². The summed E-state index contributed by atoms with van der Waals surface area (Å²) in [5, 5.41) is 3.58. The average Bonchev–Trinajstić information content (AvgIpc) is 2.92. The van der Waals surface area contributed by atoms with Gasteiger partial charge in [0.05, 0.1) is 20.6 Å². The lowest BCUT2D eigenvalue weighted by Gasteiger charge is -2.32. The van der Waals surface area contributed by atoms with E-state index in [1.54, 1.807) is 61.5 Å². The average molecular weight is 591 g/mol. The van der Waals surface area contributed by atoms with Crippen molar-refractivity contribution < 1.29 is 18.0 Å². The maximum atomic E-state index is 13.9. The van der Waals surface area contributed by atoms with Crippen LogP contribution >= 0.6 is 23.2 Å². The second kappa shape index (κ2) is 13.3. The first kappa shape index (κ1) is 30.5. The Morgan fingerprint density at radius 1 is 0.923 bits per heavy atom. The highest BCUT2D eigenvalue weighted by Gasteiger charge is 2.32. The predicted molar refractivity (Wildman–Crippen MR) is 157 cm³/mol. The Morgan fingerprint density at radius 2 is 1.62 bits per heavy atom. The highest BCUT2D eigenvalue weighted by molar-refractivity contribution is 7.92. The third kappa shape index (κ3) is 7.75. The van der Waals surface area contributed by atoms with Gasteiger partial charge in [0, 0.05) is 12.6 Å². The maximum Gasteiger partial charge on any atom is 0.264 e. The number of aryl methyl sites for hydroxylation is 1. The Bertz CT molecular complexity index is 1420. The van der Waals surface area contributed by atoms with E-state index in [1.165, 1.54) is 17.0 Å². The number of anilines is 1. The molecule has 0 radical (unpaired) electrons. The zero-order chi connectivity index (χ0) is 28.7. The van der Waals surface area contributed by atoms with Crippen LogP contribution in [0.15, 0.2) is 77.7 Å². The summed E-state index contributed by atoms with van der Waals surface area (Å²) in [5.41, 5.74) is 1.83. The van der Waals surface area contributed by atoms with E-state index < -0.39 is 28.5 Å². The van der Waals surface area contributed by atoms with Gasteiger partial charge in [0.25, 0.3) is 10.0 Å². The number of rotatable bonds is 11. The van der Waals surface area contributed by atoms with Crippen molar-refractivity contribution in [3.8, 4) is 0 Å². The number of benzene rings is 3. The summed E-state index contributed by atoms with van der Waals surface area (Å²) in [5.74, 6) is -0.889. The first-order chi connectivity index (χ1) is 18.4. The van der Waals surface area contributed by atoms with Crippen molar-refractivity contribution in [3.63, 3.8) is 0 Å². The number of hydrogen-bond acceptors (Lipinski definition) is 4. The number of nitrogens with one attached hydrogen (secondary N) is 1. The minimum absolute atomic E-state index is 0.0257. The van der Waals surface area contributed by atoms with Gasteiger partial charge >= 0.3 is 0 Å². The second-order valence-corrected chi connectivity index (χ2v) is 12.1. The van der Waals surface area contributed by atoms with E-state index in [4.69, 9.17) is 23.2 Å². The first-order valence-corrected chi connectivity index (χ1v) is 14.8. The Balaban J connectivity index is 2.03. The normalized spacial score (nSPS) is 12.9. The number of amides is 2. The Morgan fingerprint density at radius 3 is 2.23 bits per heavy atom. The highest BCUT2D eigenvalue weighted by atomic mass is 35.5. The molecule has 0 saturated carbocycles. The molecule has 0 fully saturated rings. The summed E-state index contributed by atoms with van der Waals surface area (Å²) in [6.45, 7) is 6.80. The Kier molecular flexibility index (Phi) is 10.4. The fraction of sp³-hybridized carbons (Fsp3) is 0.310. The molecule has 0 spiro atoms. The third-order valence-corrected chi connectivity index (χ3v) is 8.93. The number of carbonyl (C=O) groups excluding carboxylic acids is 2. The SMILES string of the molecule is CCC(C)NC(=O)C(C)N(Cc1ccc(Cl)c(Cl)c1)C(=O)CN(c1cccc(C)c1)S(=O)(=O)c1ccccc1. The molecule has 2 amide bonds. The summed E-state index contributed by atoms with van der Waals surface area (Å²) in [7, 11) is -4.11. The number of nitrogens with zero attached hydrogens (tertiary/aromatic N) is 2. The number of sulfonamides is 1. The molecular formula is C29H33Cl2N3O4S. The quantitative estimate of drug-likeness (QED) is 0.305. The fourth-order valence-electron chi connectivity index (χ4n) is 3.91. The molecule has 39 heavy (non-hydrogen) atoms. The molecule has 0 heterocycles. The third-order valence-electron chi connectivity index (χ3n) is 6.40. The van der Waals surface area contributed by atoms with Gasteiger partial charge in [0.15, 0.2) is 0 Å². The van der Waals surface area contributed by atoms with Crippen LogP contribution in [0.3, 0.4) is 0 Å². The van der Waals surface area contributed by atoms with E-state index in [0.717, 1.165) is 16.3 Å².